The summed E-state index contributed by atoms with van der Waals surface area (Å²) >= 11 is 0. The van der Waals surface area contributed by atoms with Crippen molar-refractivity contribution in [3.8, 4) is 22.5 Å². The van der Waals surface area contributed by atoms with Gasteiger partial charge in [0.2, 0.25) is 11.4 Å². The first-order valence-corrected chi connectivity index (χ1v) is 14.4. The molecule has 0 bridgehead atoms. The van der Waals surface area contributed by atoms with Crippen LogP contribution in [0.2, 0.25) is 0 Å². The molecule has 0 radical (unpaired) electrons. The monoisotopic (exact) mass is 568 g/mol. The van der Waals surface area contributed by atoms with E-state index in [9.17, 15) is 0 Å². The number of rotatable bonds is 5. The Labute approximate surface area is 243 Å². The van der Waals surface area contributed by atoms with E-state index in [0.29, 0.717) is 0 Å². The van der Waals surface area contributed by atoms with Gasteiger partial charge in [-0.3, -0.25) is 0 Å². The molecule has 1 aromatic heterocycles. The Hall–Kier alpha value is -4.04. The van der Waals surface area contributed by atoms with E-state index in [0.717, 1.165) is 0 Å². The van der Waals surface area contributed by atoms with E-state index >= 15 is 0 Å². The van der Waals surface area contributed by atoms with E-state index in [-0.39, 0.29) is 5.41 Å². The lowest BCUT2D eigenvalue weighted by atomic mass is 9.84. The van der Waals surface area contributed by atoms with Gasteiger partial charge in [0.05, 0.1) is 0 Å². The number of halogens is 1. The van der Waals surface area contributed by atoms with Crippen LogP contribution >= 0.6 is 0 Å². The summed E-state index contributed by atoms with van der Waals surface area (Å²) < 4.78 is 36.2. The predicted octanol–water partition coefficient (Wildman–Crippen LogP) is 2.97. The minimum Gasteiger partial charge on any atom is -0.347 e. The molecule has 0 spiro atoms. The van der Waals surface area contributed by atoms with Gasteiger partial charge < -0.3 is 4.90 Å². The molecule has 0 N–H and O–H groups in total. The van der Waals surface area contributed by atoms with Crippen LogP contribution in [0.3, 0.4) is 0 Å². The van der Waals surface area contributed by atoms with Crippen molar-refractivity contribution in [2.45, 2.75) is 19.3 Å². The lowest BCUT2D eigenvalue weighted by molar-refractivity contribution is -2.00. The van der Waals surface area contributed by atoms with Crippen molar-refractivity contribution in [3.63, 3.8) is 0 Å². The van der Waals surface area contributed by atoms with Gasteiger partial charge in [-0.2, -0.15) is 4.57 Å². The topological polar surface area (TPSA) is 99.4 Å². The maximum atomic E-state index is 8.49. The van der Waals surface area contributed by atoms with Crippen LogP contribution in [-0.2, 0) is 12.5 Å². The summed E-state index contributed by atoms with van der Waals surface area (Å²) in [6, 6.07) is 34.4. The van der Waals surface area contributed by atoms with Crippen LogP contribution in [0.5, 0.6) is 0 Å². The number of likely N-dealkylation sites (N-methyl/N-ethyl adjacent to an activating group) is 1. The minimum absolute atomic E-state index is 0.0112. The largest absolute Gasteiger partial charge is 0.347 e. The van der Waals surface area contributed by atoms with Gasteiger partial charge in [-0.15, -0.1) is 10.2 Å². The molecule has 41 heavy (non-hydrogen) atoms. The van der Waals surface area contributed by atoms with Gasteiger partial charge in [0, 0.05) is 47.1 Å². The van der Waals surface area contributed by atoms with E-state index in [1.54, 1.807) is 0 Å². The summed E-state index contributed by atoms with van der Waals surface area (Å²) in [7, 11) is -0.647. The molecule has 3 aromatic carbocycles. The standard InChI is InChI=1S/C34H33N2.ClHO4/c1-34(2)29-21-14-15-22-30(29)36(4)33(34)23-13-5-8-16-26-24-31(27-17-9-6-10-18-27)35(3)32(25-26)28-19-11-7-12-20-28;2-1(3,4)5/h5-25H,1-4H3;(H,2,3,4,5)/q+1;/p-1. The zero-order chi connectivity index (χ0) is 29.6. The van der Waals surface area contributed by atoms with Gasteiger partial charge in [-0.1, -0.05) is 92.7 Å². The lowest BCUT2D eigenvalue weighted by Gasteiger charge is -2.23. The summed E-state index contributed by atoms with van der Waals surface area (Å²) in [5.41, 5.74) is 9.93. The number of fused-ring (bicyclic) bond motifs is 1. The molecule has 1 aliphatic heterocycles. The number of anilines is 1. The van der Waals surface area contributed by atoms with E-state index in [2.05, 4.69) is 165 Å². The Balaban J connectivity index is 0.000000714. The summed E-state index contributed by atoms with van der Waals surface area (Å²) in [5, 5.41) is 0. The Morgan fingerprint density at radius 1 is 0.707 bits per heavy atom. The Bertz CT molecular complexity index is 1510. The van der Waals surface area contributed by atoms with Crippen molar-refractivity contribution in [2.24, 2.45) is 7.05 Å². The molecule has 5 rings (SSSR count). The normalized spacial score (nSPS) is 15.3. The van der Waals surface area contributed by atoms with Crippen LogP contribution in [0.25, 0.3) is 28.6 Å². The average Bonchev–Trinajstić information content (AvgIpc) is 3.14. The lowest BCUT2D eigenvalue weighted by Crippen LogP contribution is -2.68. The number of nitrogens with zero attached hydrogens (tertiary/aromatic N) is 2. The zero-order valence-corrected chi connectivity index (χ0v) is 24.3. The third-order valence-corrected chi connectivity index (χ3v) is 7.17. The van der Waals surface area contributed by atoms with Gasteiger partial charge in [-0.25, -0.2) is 18.6 Å². The molecule has 0 saturated heterocycles. The number of hydrogen-bond acceptors (Lipinski definition) is 5. The fourth-order valence-electron chi connectivity index (χ4n) is 5.23. The fourth-order valence-corrected chi connectivity index (χ4v) is 5.23. The zero-order valence-electron chi connectivity index (χ0n) is 23.5. The maximum absolute atomic E-state index is 8.49. The van der Waals surface area contributed by atoms with Crippen molar-refractivity contribution in [3.05, 3.63) is 138 Å². The van der Waals surface area contributed by atoms with Gasteiger partial charge in [0.1, 0.15) is 7.05 Å². The molecule has 0 aliphatic carbocycles. The Morgan fingerprint density at radius 3 is 1.71 bits per heavy atom. The number of aromatic nitrogens is 1. The van der Waals surface area contributed by atoms with Crippen molar-refractivity contribution >= 4 is 11.8 Å². The van der Waals surface area contributed by atoms with Gasteiger partial charge in [-0.05, 0) is 47.5 Å². The van der Waals surface area contributed by atoms with Crippen LogP contribution in [0.1, 0.15) is 25.0 Å². The average molecular weight is 569 g/mol. The highest BCUT2D eigenvalue weighted by atomic mass is 35.7. The van der Waals surface area contributed by atoms with Crippen molar-refractivity contribution in [1.29, 1.82) is 0 Å². The molecule has 0 atom stereocenters. The summed E-state index contributed by atoms with van der Waals surface area (Å²) in [5.74, 6) is 0. The van der Waals surface area contributed by atoms with Gasteiger partial charge in [0.15, 0.2) is 0 Å². The third kappa shape index (κ3) is 7.38. The highest BCUT2D eigenvalue weighted by Gasteiger charge is 2.37. The number of allylic oxidation sites excluding steroid dienone is 5. The molecule has 0 unspecified atom stereocenters. The van der Waals surface area contributed by atoms with Crippen molar-refractivity contribution in [2.75, 3.05) is 11.9 Å². The predicted molar refractivity (Wildman–Crippen MR) is 153 cm³/mol. The van der Waals surface area contributed by atoms with Crippen LogP contribution in [0, 0.1) is 10.2 Å². The van der Waals surface area contributed by atoms with Gasteiger partial charge >= 0.3 is 0 Å². The molecule has 2 heterocycles. The van der Waals surface area contributed by atoms with E-state index in [1.807, 2.05) is 0 Å². The second-order valence-electron chi connectivity index (χ2n) is 10.2. The molecular weight excluding hydrogens is 536 g/mol. The molecule has 0 amide bonds. The molecule has 7 heteroatoms. The number of benzene rings is 3. The fraction of sp³-hybridized carbons (Fsp3) is 0.147. The second kappa shape index (κ2) is 12.6. The Morgan fingerprint density at radius 2 is 1.20 bits per heavy atom. The quantitative estimate of drug-likeness (QED) is 0.272. The maximum Gasteiger partial charge on any atom is 0.213 e. The van der Waals surface area contributed by atoms with Crippen molar-refractivity contribution < 1.29 is 33.4 Å². The molecule has 210 valence electrons. The van der Waals surface area contributed by atoms with E-state index in [1.165, 1.54) is 45.0 Å². The molecular formula is C34H33ClN2O4. The van der Waals surface area contributed by atoms with E-state index in [4.69, 9.17) is 18.6 Å². The number of para-hydroxylation sites is 1. The summed E-state index contributed by atoms with van der Waals surface area (Å²) in [6.45, 7) is 4.59. The number of hydrogen-bond donors (Lipinski definition) is 0. The van der Waals surface area contributed by atoms with E-state index < -0.39 is 10.2 Å². The molecule has 0 saturated carbocycles. The molecule has 6 nitrogen and oxygen atoms in total. The van der Waals surface area contributed by atoms with Crippen molar-refractivity contribution in [1.82, 2.24) is 0 Å². The Kier molecular flexibility index (Phi) is 9.23. The molecule has 0 fully saturated rings. The first kappa shape index (κ1) is 29.9. The van der Waals surface area contributed by atoms with Crippen LogP contribution < -0.4 is 28.1 Å². The second-order valence-corrected chi connectivity index (χ2v) is 11.0. The van der Waals surface area contributed by atoms with Crippen LogP contribution in [0.4, 0.5) is 5.69 Å². The number of pyridine rings is 1. The third-order valence-electron chi connectivity index (χ3n) is 7.17. The SMILES string of the molecule is CN1/C(=C/C=C/C=C/c2cc(-c3ccccc3)[n+](C)c(-c3ccccc3)c2)C(C)(C)c2ccccc21.[O-][Cl+3]([O-])([O-])[O-]. The molecule has 1 aliphatic rings. The highest BCUT2D eigenvalue weighted by molar-refractivity contribution is 5.70. The van der Waals surface area contributed by atoms with Crippen LogP contribution in [0.15, 0.2) is 127 Å². The highest BCUT2D eigenvalue weighted by Crippen LogP contribution is 2.46. The summed E-state index contributed by atoms with van der Waals surface area (Å²) in [6.07, 6.45) is 10.8. The first-order valence-electron chi connectivity index (χ1n) is 13.1. The van der Waals surface area contributed by atoms with Gasteiger partial charge in [0.25, 0.3) is 0 Å². The smallest absolute Gasteiger partial charge is 0.213 e. The first-order chi connectivity index (χ1) is 19.5. The summed E-state index contributed by atoms with van der Waals surface area (Å²) in [4.78, 5) is 2.30. The van der Waals surface area contributed by atoms with Crippen LogP contribution in [-0.4, -0.2) is 7.05 Å². The molecule has 4 aromatic rings. The minimum atomic E-state index is -4.94.